The number of hydrogen-bond acceptors (Lipinski definition) is 5. The van der Waals surface area contributed by atoms with Gasteiger partial charge >= 0.3 is 6.09 Å². The van der Waals surface area contributed by atoms with Crippen molar-refractivity contribution in [3.63, 3.8) is 0 Å². The summed E-state index contributed by atoms with van der Waals surface area (Å²) in [4.78, 5) is 39.4. The topological polar surface area (TPSA) is 81.8 Å². The first-order chi connectivity index (χ1) is 14.2. The first-order valence-corrected chi connectivity index (χ1v) is 10.7. The average Bonchev–Trinajstić information content (AvgIpc) is 3.30. The lowest BCUT2D eigenvalue weighted by Crippen LogP contribution is -2.52. The van der Waals surface area contributed by atoms with Crippen molar-refractivity contribution in [2.75, 3.05) is 37.6 Å². The molecular formula is C22H31N5O3. The normalized spacial score (nSPS) is 22.6. The van der Waals surface area contributed by atoms with Gasteiger partial charge in [0.15, 0.2) is 0 Å². The summed E-state index contributed by atoms with van der Waals surface area (Å²) >= 11 is 0. The van der Waals surface area contributed by atoms with Crippen molar-refractivity contribution in [1.82, 2.24) is 19.8 Å². The molecule has 1 aromatic carbocycles. The Morgan fingerprint density at radius 2 is 1.80 bits per heavy atom. The van der Waals surface area contributed by atoms with Crippen LogP contribution < -0.4 is 4.90 Å². The number of aromatic nitrogens is 2. The summed E-state index contributed by atoms with van der Waals surface area (Å²) in [6.07, 6.45) is 0.350. The number of ether oxygens (including phenoxy) is 1. The van der Waals surface area contributed by atoms with Crippen molar-refractivity contribution in [3.05, 3.63) is 24.3 Å². The van der Waals surface area contributed by atoms with E-state index in [4.69, 9.17) is 4.74 Å². The number of fused-ring (bicyclic) bond motifs is 1. The van der Waals surface area contributed by atoms with Crippen molar-refractivity contribution in [3.8, 4) is 0 Å². The minimum atomic E-state index is -0.536. The molecule has 0 aliphatic carbocycles. The summed E-state index contributed by atoms with van der Waals surface area (Å²) in [6, 6.07) is 7.83. The first kappa shape index (κ1) is 20.5. The number of amides is 2. The number of hydrogen-bond donors (Lipinski definition) is 1. The largest absolute Gasteiger partial charge is 0.444 e. The van der Waals surface area contributed by atoms with E-state index in [0.717, 1.165) is 30.1 Å². The minimum absolute atomic E-state index is 0.137. The summed E-state index contributed by atoms with van der Waals surface area (Å²) < 4.78 is 5.50. The summed E-state index contributed by atoms with van der Waals surface area (Å²) in [7, 11) is 0. The van der Waals surface area contributed by atoms with Gasteiger partial charge in [-0.25, -0.2) is 9.78 Å². The Kier molecular flexibility index (Phi) is 5.34. The molecule has 162 valence electrons. The second-order valence-electron chi connectivity index (χ2n) is 9.20. The molecule has 4 rings (SSSR count). The highest BCUT2D eigenvalue weighted by atomic mass is 16.6. The molecule has 0 bridgehead atoms. The van der Waals surface area contributed by atoms with Gasteiger partial charge < -0.3 is 24.4 Å². The predicted octanol–water partition coefficient (Wildman–Crippen LogP) is 2.86. The van der Waals surface area contributed by atoms with Crippen LogP contribution in [0.3, 0.4) is 0 Å². The summed E-state index contributed by atoms with van der Waals surface area (Å²) in [5, 5.41) is 0. The summed E-state index contributed by atoms with van der Waals surface area (Å²) in [5.74, 6) is 0.821. The van der Waals surface area contributed by atoms with E-state index in [-0.39, 0.29) is 24.0 Å². The van der Waals surface area contributed by atoms with Crippen molar-refractivity contribution in [1.29, 1.82) is 0 Å². The van der Waals surface area contributed by atoms with E-state index >= 15 is 0 Å². The van der Waals surface area contributed by atoms with Gasteiger partial charge in [0.05, 0.1) is 17.0 Å². The SMILES string of the molecule is C[C@@H]1[C@@H](C(=O)N2CCN(c3nc4ccccc4[nH]3)CC2)CCN1C(=O)OC(C)(C)C. The van der Waals surface area contributed by atoms with Crippen LogP contribution in [0.5, 0.6) is 0 Å². The molecule has 0 radical (unpaired) electrons. The molecule has 30 heavy (non-hydrogen) atoms. The molecule has 0 unspecified atom stereocenters. The number of rotatable bonds is 2. The number of imidazole rings is 1. The zero-order chi connectivity index (χ0) is 21.5. The second kappa shape index (κ2) is 7.81. The molecule has 2 aliphatic rings. The predicted molar refractivity (Wildman–Crippen MR) is 115 cm³/mol. The van der Waals surface area contributed by atoms with Crippen LogP contribution in [-0.4, -0.2) is 76.1 Å². The number of carbonyl (C=O) groups is 2. The van der Waals surface area contributed by atoms with Gasteiger partial charge in [-0.3, -0.25) is 4.79 Å². The van der Waals surface area contributed by atoms with E-state index < -0.39 is 5.60 Å². The molecule has 0 spiro atoms. The number of aromatic amines is 1. The Balaban J connectivity index is 1.34. The van der Waals surface area contributed by atoms with Crippen LogP contribution in [0.1, 0.15) is 34.1 Å². The average molecular weight is 414 g/mol. The van der Waals surface area contributed by atoms with E-state index in [9.17, 15) is 9.59 Å². The number of para-hydroxylation sites is 2. The number of nitrogens with one attached hydrogen (secondary N) is 1. The number of anilines is 1. The van der Waals surface area contributed by atoms with Crippen LogP contribution in [0.25, 0.3) is 11.0 Å². The molecule has 0 saturated carbocycles. The fraction of sp³-hybridized carbons (Fsp3) is 0.591. The highest BCUT2D eigenvalue weighted by Gasteiger charge is 2.41. The maximum absolute atomic E-state index is 13.2. The van der Waals surface area contributed by atoms with E-state index in [1.807, 2.05) is 56.9 Å². The van der Waals surface area contributed by atoms with Gasteiger partial charge in [-0.1, -0.05) is 12.1 Å². The van der Waals surface area contributed by atoms with Crippen molar-refractivity contribution >= 4 is 29.0 Å². The van der Waals surface area contributed by atoms with Crippen molar-refractivity contribution in [2.45, 2.75) is 45.8 Å². The molecule has 2 amide bonds. The van der Waals surface area contributed by atoms with Crippen LogP contribution in [0.4, 0.5) is 10.7 Å². The standard InChI is InChI=1S/C22H31N5O3/c1-15-16(9-10-27(15)21(29)30-22(2,3)4)19(28)25-11-13-26(14-12-25)20-23-17-7-5-6-8-18(17)24-20/h5-8,15-16H,9-14H2,1-4H3,(H,23,24)/t15-,16+/m1/s1. The zero-order valence-corrected chi connectivity index (χ0v) is 18.2. The molecular weight excluding hydrogens is 382 g/mol. The molecule has 8 heteroatoms. The van der Waals surface area contributed by atoms with Gasteiger partial charge in [-0.05, 0) is 46.2 Å². The smallest absolute Gasteiger partial charge is 0.410 e. The third-order valence-electron chi connectivity index (χ3n) is 5.97. The number of nitrogens with zero attached hydrogens (tertiary/aromatic N) is 4. The molecule has 1 N–H and O–H groups in total. The van der Waals surface area contributed by atoms with Crippen LogP contribution in [0.15, 0.2) is 24.3 Å². The van der Waals surface area contributed by atoms with E-state index in [2.05, 4.69) is 14.9 Å². The number of benzene rings is 1. The van der Waals surface area contributed by atoms with Gasteiger partial charge in [0, 0.05) is 38.8 Å². The van der Waals surface area contributed by atoms with Crippen molar-refractivity contribution in [2.24, 2.45) is 5.92 Å². The van der Waals surface area contributed by atoms with Gasteiger partial charge in [0.2, 0.25) is 11.9 Å². The van der Waals surface area contributed by atoms with E-state index in [1.54, 1.807) is 4.90 Å². The lowest BCUT2D eigenvalue weighted by molar-refractivity contribution is -0.136. The Hall–Kier alpha value is -2.77. The Labute approximate surface area is 177 Å². The fourth-order valence-electron chi connectivity index (χ4n) is 4.31. The van der Waals surface area contributed by atoms with Gasteiger partial charge in [-0.15, -0.1) is 0 Å². The highest BCUT2D eigenvalue weighted by Crippen LogP contribution is 2.28. The molecule has 3 heterocycles. The summed E-state index contributed by atoms with van der Waals surface area (Å²) in [6.45, 7) is 10.9. The molecule has 2 saturated heterocycles. The monoisotopic (exact) mass is 413 g/mol. The van der Waals surface area contributed by atoms with Crippen LogP contribution in [-0.2, 0) is 9.53 Å². The molecule has 2 fully saturated rings. The molecule has 8 nitrogen and oxygen atoms in total. The van der Waals surface area contributed by atoms with Gasteiger partial charge in [-0.2, -0.15) is 0 Å². The Morgan fingerprint density at radius 3 is 2.47 bits per heavy atom. The number of likely N-dealkylation sites (tertiary alicyclic amines) is 1. The Bertz CT molecular complexity index is 893. The lowest BCUT2D eigenvalue weighted by atomic mass is 9.99. The lowest BCUT2D eigenvalue weighted by Gasteiger charge is -2.36. The summed E-state index contributed by atoms with van der Waals surface area (Å²) in [5.41, 5.74) is 1.44. The van der Waals surface area contributed by atoms with E-state index in [1.165, 1.54) is 0 Å². The van der Waals surface area contributed by atoms with Crippen LogP contribution >= 0.6 is 0 Å². The zero-order valence-electron chi connectivity index (χ0n) is 18.2. The third kappa shape index (κ3) is 4.08. The number of carbonyl (C=O) groups excluding carboxylic acids is 2. The molecule has 2 atom stereocenters. The van der Waals surface area contributed by atoms with Crippen LogP contribution in [0.2, 0.25) is 0 Å². The minimum Gasteiger partial charge on any atom is -0.444 e. The third-order valence-corrected chi connectivity index (χ3v) is 5.97. The maximum Gasteiger partial charge on any atom is 0.410 e. The van der Waals surface area contributed by atoms with Gasteiger partial charge in [0.25, 0.3) is 0 Å². The maximum atomic E-state index is 13.2. The molecule has 2 aromatic rings. The quantitative estimate of drug-likeness (QED) is 0.819. The van der Waals surface area contributed by atoms with Crippen molar-refractivity contribution < 1.29 is 14.3 Å². The number of piperazine rings is 1. The van der Waals surface area contributed by atoms with E-state index in [0.29, 0.717) is 26.1 Å². The van der Waals surface area contributed by atoms with Gasteiger partial charge in [0.1, 0.15) is 5.60 Å². The number of H-pyrrole nitrogens is 1. The highest BCUT2D eigenvalue weighted by molar-refractivity contribution is 5.82. The molecule has 1 aromatic heterocycles. The first-order valence-electron chi connectivity index (χ1n) is 10.7. The fourth-order valence-corrected chi connectivity index (χ4v) is 4.31. The second-order valence-corrected chi connectivity index (χ2v) is 9.20. The Morgan fingerprint density at radius 1 is 1.10 bits per heavy atom. The molecule has 2 aliphatic heterocycles. The van der Waals surface area contributed by atoms with Crippen LogP contribution in [0, 0.1) is 5.92 Å².